The summed E-state index contributed by atoms with van der Waals surface area (Å²) >= 11 is 1.40. The molecule has 6 aromatic heterocycles. The van der Waals surface area contributed by atoms with E-state index in [1.165, 1.54) is 11.3 Å². The van der Waals surface area contributed by atoms with E-state index in [-0.39, 0.29) is 11.7 Å². The highest BCUT2D eigenvalue weighted by atomic mass is 32.1. The Morgan fingerprint density at radius 3 is 2.74 bits per heavy atom. The maximum absolute atomic E-state index is 12.2. The molecule has 1 amide bonds. The van der Waals surface area contributed by atoms with Gasteiger partial charge in [0, 0.05) is 36.1 Å². The molecule has 0 bridgehead atoms. The lowest BCUT2D eigenvalue weighted by atomic mass is 10.1. The first-order valence-corrected chi connectivity index (χ1v) is 13.4. The summed E-state index contributed by atoms with van der Waals surface area (Å²) in [5.41, 5.74) is 5.75. The number of imidazole rings is 1. The van der Waals surface area contributed by atoms with E-state index < -0.39 is 0 Å². The summed E-state index contributed by atoms with van der Waals surface area (Å²) in [6.45, 7) is 3.61. The Labute approximate surface area is 227 Å². The third-order valence-electron chi connectivity index (χ3n) is 6.35. The van der Waals surface area contributed by atoms with Gasteiger partial charge in [0.1, 0.15) is 16.9 Å². The molecule has 0 radical (unpaired) electrons. The van der Waals surface area contributed by atoms with Crippen molar-refractivity contribution < 1.29 is 9.59 Å². The normalized spacial score (nSPS) is 11.3. The molecule has 6 heterocycles. The second-order valence-corrected chi connectivity index (χ2v) is 10.3. The first-order chi connectivity index (χ1) is 19.0. The topological polar surface area (TPSA) is 142 Å². The van der Waals surface area contributed by atoms with Crippen LogP contribution in [0.2, 0.25) is 0 Å². The summed E-state index contributed by atoms with van der Waals surface area (Å²) in [5, 5.41) is 11.1. The fraction of sp³-hybridized carbons (Fsp3) is 0.179. The quantitative estimate of drug-likeness (QED) is 0.202. The van der Waals surface area contributed by atoms with Gasteiger partial charge in [-0.15, -0.1) is 11.3 Å². The van der Waals surface area contributed by atoms with Crippen LogP contribution in [0.1, 0.15) is 42.8 Å². The fourth-order valence-electron chi connectivity index (χ4n) is 4.35. The van der Waals surface area contributed by atoms with Crippen LogP contribution in [-0.4, -0.2) is 46.8 Å². The molecule has 10 nitrogen and oxygen atoms in total. The molecule has 0 saturated carbocycles. The monoisotopic (exact) mass is 536 g/mol. The van der Waals surface area contributed by atoms with Crippen molar-refractivity contribution in [2.75, 3.05) is 5.32 Å². The number of unbranched alkanes of at least 4 members (excludes halogenated alkanes) is 1. The van der Waals surface area contributed by atoms with E-state index >= 15 is 0 Å². The Balaban J connectivity index is 1.36. The van der Waals surface area contributed by atoms with Gasteiger partial charge in [0.05, 0.1) is 32.5 Å². The number of amides is 1. The third kappa shape index (κ3) is 4.79. The van der Waals surface area contributed by atoms with Crippen molar-refractivity contribution >= 4 is 50.8 Å². The number of carbonyl (C=O) groups excluding carboxylic acids is 2. The minimum atomic E-state index is -0.0275. The second kappa shape index (κ2) is 10.2. The summed E-state index contributed by atoms with van der Waals surface area (Å²) in [5.74, 6) is 0.590. The number of nitrogens with one attached hydrogen (secondary N) is 3. The summed E-state index contributed by atoms with van der Waals surface area (Å²) < 4.78 is 0. The van der Waals surface area contributed by atoms with Crippen LogP contribution in [0, 0.1) is 0 Å². The van der Waals surface area contributed by atoms with Gasteiger partial charge in [-0.05, 0) is 43.7 Å². The summed E-state index contributed by atoms with van der Waals surface area (Å²) in [6, 6.07) is 9.43. The Bertz CT molecular complexity index is 1850. The van der Waals surface area contributed by atoms with E-state index in [1.54, 1.807) is 31.7 Å². The molecule has 6 aromatic rings. The molecular formula is C28H24N8O2S. The van der Waals surface area contributed by atoms with Crippen molar-refractivity contribution in [1.82, 2.24) is 35.1 Å². The molecule has 0 aliphatic carbocycles. The predicted molar refractivity (Wildman–Crippen MR) is 151 cm³/mol. The fourth-order valence-corrected chi connectivity index (χ4v) is 5.25. The number of Topliss-reactive ketones (excluding diaryl/α,β-unsaturated/α-hetero) is 1. The number of hydrogen-bond acceptors (Lipinski definition) is 8. The van der Waals surface area contributed by atoms with Gasteiger partial charge in [-0.25, -0.2) is 9.97 Å². The summed E-state index contributed by atoms with van der Waals surface area (Å²) in [6.07, 6.45) is 9.10. The van der Waals surface area contributed by atoms with E-state index in [0.29, 0.717) is 45.4 Å². The highest BCUT2D eigenvalue weighted by molar-refractivity contribution is 7.17. The van der Waals surface area contributed by atoms with Gasteiger partial charge in [-0.2, -0.15) is 5.10 Å². The van der Waals surface area contributed by atoms with E-state index in [1.807, 2.05) is 30.3 Å². The van der Waals surface area contributed by atoms with Crippen molar-refractivity contribution in [3.63, 3.8) is 0 Å². The molecule has 0 spiro atoms. The van der Waals surface area contributed by atoms with Crippen molar-refractivity contribution in [2.24, 2.45) is 0 Å². The first kappa shape index (κ1) is 24.6. The lowest BCUT2D eigenvalue weighted by Crippen LogP contribution is -2.11. The highest BCUT2D eigenvalue weighted by Gasteiger charge is 2.18. The van der Waals surface area contributed by atoms with Crippen LogP contribution in [-0.2, 0) is 4.79 Å². The number of fused-ring (bicyclic) bond motifs is 2. The van der Waals surface area contributed by atoms with E-state index in [4.69, 9.17) is 4.98 Å². The van der Waals surface area contributed by atoms with Crippen LogP contribution in [0.25, 0.3) is 55.3 Å². The molecule has 0 saturated heterocycles. The standard InChI is InChI=1S/C28H24N8O2S/c1-3-4-5-23(38)32-18-10-16(12-29-14-18)17-11-19-24(35-36-27(19)31-13-17)28-33-20-8-9-30-26(25(20)34-28)22-7-6-21(39-22)15(2)37/h6-14H,3-5H2,1-2H3,(H,32,38)(H,33,34)(H,31,35,36). The van der Waals surface area contributed by atoms with Crippen LogP contribution < -0.4 is 5.32 Å². The molecule has 11 heteroatoms. The van der Waals surface area contributed by atoms with Gasteiger partial charge in [-0.1, -0.05) is 13.3 Å². The number of pyridine rings is 3. The molecule has 0 fully saturated rings. The lowest BCUT2D eigenvalue weighted by molar-refractivity contribution is -0.116. The second-order valence-electron chi connectivity index (χ2n) is 9.17. The number of ketones is 1. The smallest absolute Gasteiger partial charge is 0.224 e. The Hall–Kier alpha value is -4.77. The van der Waals surface area contributed by atoms with E-state index in [2.05, 4.69) is 42.4 Å². The average molecular weight is 537 g/mol. The van der Waals surface area contributed by atoms with Crippen molar-refractivity contribution in [1.29, 1.82) is 0 Å². The van der Waals surface area contributed by atoms with Gasteiger partial charge in [0.25, 0.3) is 0 Å². The van der Waals surface area contributed by atoms with Crippen LogP contribution in [0.3, 0.4) is 0 Å². The number of rotatable bonds is 8. The number of thiophene rings is 1. The van der Waals surface area contributed by atoms with Crippen LogP contribution >= 0.6 is 11.3 Å². The molecule has 0 aliphatic rings. The molecule has 0 unspecified atom stereocenters. The van der Waals surface area contributed by atoms with E-state index in [9.17, 15) is 9.59 Å². The van der Waals surface area contributed by atoms with Gasteiger partial charge in [-0.3, -0.25) is 24.7 Å². The zero-order valence-electron chi connectivity index (χ0n) is 21.3. The molecule has 3 N–H and O–H groups in total. The third-order valence-corrected chi connectivity index (χ3v) is 7.54. The first-order valence-electron chi connectivity index (χ1n) is 12.6. The van der Waals surface area contributed by atoms with Gasteiger partial charge in [0.2, 0.25) is 5.91 Å². The average Bonchev–Trinajstić information content (AvgIpc) is 3.69. The molecular weight excluding hydrogens is 512 g/mol. The van der Waals surface area contributed by atoms with Crippen LogP contribution in [0.4, 0.5) is 5.69 Å². The molecule has 39 heavy (non-hydrogen) atoms. The Morgan fingerprint density at radius 1 is 1.05 bits per heavy atom. The lowest BCUT2D eigenvalue weighted by Gasteiger charge is -2.07. The number of aromatic nitrogens is 7. The maximum Gasteiger partial charge on any atom is 0.224 e. The van der Waals surface area contributed by atoms with Gasteiger partial charge in [0.15, 0.2) is 17.3 Å². The van der Waals surface area contributed by atoms with Crippen molar-refractivity contribution in [3.8, 4) is 33.2 Å². The Morgan fingerprint density at radius 2 is 1.92 bits per heavy atom. The molecule has 0 aromatic carbocycles. The number of anilines is 1. The molecule has 6 rings (SSSR count). The van der Waals surface area contributed by atoms with Crippen molar-refractivity contribution in [2.45, 2.75) is 33.1 Å². The van der Waals surface area contributed by atoms with Gasteiger partial charge < -0.3 is 10.3 Å². The highest BCUT2D eigenvalue weighted by Crippen LogP contribution is 2.34. The summed E-state index contributed by atoms with van der Waals surface area (Å²) in [7, 11) is 0. The van der Waals surface area contributed by atoms with E-state index in [0.717, 1.165) is 39.7 Å². The van der Waals surface area contributed by atoms with Gasteiger partial charge >= 0.3 is 0 Å². The zero-order chi connectivity index (χ0) is 26.9. The number of aromatic amines is 2. The number of hydrogen-bond donors (Lipinski definition) is 3. The molecule has 0 atom stereocenters. The zero-order valence-corrected chi connectivity index (χ0v) is 22.1. The molecule has 194 valence electrons. The maximum atomic E-state index is 12.2. The van der Waals surface area contributed by atoms with Crippen molar-refractivity contribution in [3.05, 3.63) is 60.0 Å². The summed E-state index contributed by atoms with van der Waals surface area (Å²) in [4.78, 5) is 47.1. The largest absolute Gasteiger partial charge is 0.337 e. The molecule has 0 aliphatic heterocycles. The number of H-pyrrole nitrogens is 2. The predicted octanol–water partition coefficient (Wildman–Crippen LogP) is 6.02. The SMILES string of the molecule is CCCCC(=O)Nc1cncc(-c2cnc3n[nH]c(-c4nc5c(-c6ccc(C(C)=O)s6)nccc5[nH]4)c3c2)c1. The van der Waals surface area contributed by atoms with Crippen LogP contribution in [0.15, 0.2) is 55.1 Å². The van der Waals surface area contributed by atoms with Crippen LogP contribution in [0.5, 0.6) is 0 Å². The minimum Gasteiger partial charge on any atom is -0.337 e. The number of nitrogens with zero attached hydrogens (tertiary/aromatic N) is 5. The number of carbonyl (C=O) groups is 2. The minimum absolute atomic E-state index is 0.0213. The Kier molecular flexibility index (Phi) is 6.41.